The summed E-state index contributed by atoms with van der Waals surface area (Å²) in [5.74, 6) is -1.17. The Morgan fingerprint density at radius 2 is 0.949 bits per heavy atom. The van der Waals surface area contributed by atoms with Crippen LogP contribution in [0, 0.1) is 0 Å². The lowest BCUT2D eigenvalue weighted by molar-refractivity contribution is -0.220. The highest BCUT2D eigenvalue weighted by Crippen LogP contribution is 2.47. The first-order chi connectivity index (χ1) is 28.4. The highest BCUT2D eigenvalue weighted by atomic mass is 31.2. The van der Waals surface area contributed by atoms with Gasteiger partial charge in [-0.3, -0.25) is 18.6 Å². The van der Waals surface area contributed by atoms with Gasteiger partial charge < -0.3 is 39.9 Å². The van der Waals surface area contributed by atoms with Crippen molar-refractivity contribution in [2.75, 3.05) is 13.2 Å². The van der Waals surface area contributed by atoms with E-state index in [0.717, 1.165) is 51.4 Å². The van der Waals surface area contributed by atoms with E-state index in [-0.39, 0.29) is 12.8 Å². The van der Waals surface area contributed by atoms with Crippen molar-refractivity contribution in [3.63, 3.8) is 0 Å². The van der Waals surface area contributed by atoms with Crippen molar-refractivity contribution in [1.82, 2.24) is 0 Å². The average molecular weight is 861 g/mol. The standard InChI is InChI=1S/C45H81O13P/c1-3-5-7-9-11-13-15-17-19-21-23-25-27-29-31-33-38(46)55-35-37(36-56-59(53,54)58-45-43(51)41(49)40(48)42(50)44(45)52)57-39(47)34-32-30-28-26-24-22-20-18-16-14-12-10-8-6-4-2/h14,16,18,20,27,29,37,40-45,48-52H,3-13,15,17,19,21-26,28,30-36H2,1-2H3,(H,53,54)/b16-14+,20-18+,29-27+/t37-,40?,41-,42?,43?,44?,45?/m1/s1. The van der Waals surface area contributed by atoms with Crippen LogP contribution in [0.25, 0.3) is 0 Å². The summed E-state index contributed by atoms with van der Waals surface area (Å²) in [5, 5.41) is 50.1. The van der Waals surface area contributed by atoms with E-state index in [1.165, 1.54) is 89.9 Å². The van der Waals surface area contributed by atoms with Crippen molar-refractivity contribution in [2.24, 2.45) is 0 Å². The van der Waals surface area contributed by atoms with Crippen molar-refractivity contribution in [1.29, 1.82) is 0 Å². The number of ether oxygens (including phenoxy) is 2. The molecule has 0 spiro atoms. The Bertz CT molecular complexity index is 1180. The Hall–Kier alpha value is -1.93. The second-order valence-electron chi connectivity index (χ2n) is 15.9. The van der Waals surface area contributed by atoms with E-state index in [2.05, 4.69) is 44.2 Å². The monoisotopic (exact) mass is 861 g/mol. The molecule has 1 aliphatic carbocycles. The van der Waals surface area contributed by atoms with Crippen LogP contribution in [0.5, 0.6) is 0 Å². The smallest absolute Gasteiger partial charge is 0.462 e. The Balaban J connectivity index is 2.50. The molecule has 0 bridgehead atoms. The fraction of sp³-hybridized carbons (Fsp3) is 0.822. The quantitative estimate of drug-likeness (QED) is 0.0114. The molecule has 14 heteroatoms. The van der Waals surface area contributed by atoms with Crippen LogP contribution in [0.2, 0.25) is 0 Å². The molecule has 8 atom stereocenters. The first kappa shape index (κ1) is 55.1. The van der Waals surface area contributed by atoms with Gasteiger partial charge in [0.05, 0.1) is 6.61 Å². The van der Waals surface area contributed by atoms with E-state index in [9.17, 15) is 44.6 Å². The summed E-state index contributed by atoms with van der Waals surface area (Å²) in [4.78, 5) is 35.6. The van der Waals surface area contributed by atoms with Crippen LogP contribution in [0.1, 0.15) is 181 Å². The molecule has 1 fully saturated rings. The molecule has 0 saturated heterocycles. The molecule has 1 saturated carbocycles. The summed E-state index contributed by atoms with van der Waals surface area (Å²) < 4.78 is 33.4. The number of aliphatic hydroxyl groups is 5. The molecule has 0 heterocycles. The highest BCUT2D eigenvalue weighted by molar-refractivity contribution is 7.47. The maximum Gasteiger partial charge on any atom is 0.472 e. The topological polar surface area (TPSA) is 210 Å². The zero-order valence-corrected chi connectivity index (χ0v) is 37.2. The van der Waals surface area contributed by atoms with E-state index in [4.69, 9.17) is 18.5 Å². The summed E-state index contributed by atoms with van der Waals surface area (Å²) in [7, 11) is -5.13. The van der Waals surface area contributed by atoms with Crippen LogP contribution in [0.15, 0.2) is 36.5 Å². The Morgan fingerprint density at radius 1 is 0.525 bits per heavy atom. The number of carbonyl (C=O) groups is 2. The van der Waals surface area contributed by atoms with Crippen LogP contribution < -0.4 is 0 Å². The van der Waals surface area contributed by atoms with Gasteiger partial charge in [0.2, 0.25) is 0 Å². The van der Waals surface area contributed by atoms with Gasteiger partial charge in [-0.05, 0) is 51.4 Å². The van der Waals surface area contributed by atoms with E-state index >= 15 is 0 Å². The third-order valence-electron chi connectivity index (χ3n) is 10.5. The minimum Gasteiger partial charge on any atom is -0.462 e. The molecular weight excluding hydrogens is 779 g/mol. The lowest BCUT2D eigenvalue weighted by Crippen LogP contribution is -2.64. The van der Waals surface area contributed by atoms with E-state index in [1.54, 1.807) is 0 Å². The minimum atomic E-state index is -5.13. The summed E-state index contributed by atoms with van der Waals surface area (Å²) in [6, 6.07) is 0. The van der Waals surface area contributed by atoms with Crippen LogP contribution in [-0.2, 0) is 32.7 Å². The number of rotatable bonds is 37. The second-order valence-corrected chi connectivity index (χ2v) is 17.3. The zero-order valence-electron chi connectivity index (χ0n) is 36.3. The number of hydrogen-bond acceptors (Lipinski definition) is 12. The van der Waals surface area contributed by atoms with Crippen LogP contribution >= 0.6 is 7.82 Å². The minimum absolute atomic E-state index is 0.0726. The van der Waals surface area contributed by atoms with E-state index < -0.39 is 75.7 Å². The lowest BCUT2D eigenvalue weighted by atomic mass is 9.85. The van der Waals surface area contributed by atoms with Gasteiger partial charge in [0.1, 0.15) is 43.2 Å². The molecule has 6 N–H and O–H groups in total. The van der Waals surface area contributed by atoms with Gasteiger partial charge in [0.15, 0.2) is 6.10 Å². The molecule has 0 radical (unpaired) electrons. The molecule has 0 amide bonds. The van der Waals surface area contributed by atoms with Crippen LogP contribution in [0.3, 0.4) is 0 Å². The van der Waals surface area contributed by atoms with Crippen molar-refractivity contribution in [2.45, 2.75) is 224 Å². The first-order valence-corrected chi connectivity index (χ1v) is 24.3. The largest absolute Gasteiger partial charge is 0.472 e. The number of esters is 2. The number of hydrogen-bond donors (Lipinski definition) is 6. The molecule has 0 aromatic heterocycles. The maximum atomic E-state index is 12.8. The predicted octanol–water partition coefficient (Wildman–Crippen LogP) is 8.61. The number of aliphatic hydroxyl groups excluding tert-OH is 5. The van der Waals surface area contributed by atoms with Gasteiger partial charge in [0, 0.05) is 12.8 Å². The Kier molecular flexibility index (Phi) is 33.3. The van der Waals surface area contributed by atoms with Gasteiger partial charge in [-0.15, -0.1) is 0 Å². The summed E-state index contributed by atoms with van der Waals surface area (Å²) in [6.07, 6.45) is 26.4. The second kappa shape index (κ2) is 35.6. The van der Waals surface area contributed by atoms with Crippen molar-refractivity contribution < 1.29 is 63.1 Å². The fourth-order valence-electron chi connectivity index (χ4n) is 6.77. The highest BCUT2D eigenvalue weighted by Gasteiger charge is 2.51. The van der Waals surface area contributed by atoms with Gasteiger partial charge in [-0.1, -0.05) is 153 Å². The first-order valence-electron chi connectivity index (χ1n) is 22.8. The SMILES string of the molecule is CCCCCC/C=C/C=C/CCCCCCCC(=O)O[C@H](COC(=O)CC/C=C/CCCCCCCCCCCCC)COP(=O)(O)OC1C(O)C(O)C(O)[C@@H](O)C1O. The number of unbranched alkanes of at least 4 members (excludes halogenated alkanes) is 20. The number of phosphoric acid groups is 1. The number of allylic oxidation sites excluding steroid dienone is 6. The summed E-state index contributed by atoms with van der Waals surface area (Å²) >= 11 is 0. The lowest BCUT2D eigenvalue weighted by Gasteiger charge is -2.41. The Labute approximate surface area is 355 Å². The normalized spacial score (nSPS) is 22.6. The molecule has 344 valence electrons. The third-order valence-corrected chi connectivity index (χ3v) is 11.5. The van der Waals surface area contributed by atoms with Crippen LogP contribution in [-0.4, -0.2) is 98.3 Å². The maximum absolute atomic E-state index is 12.8. The molecule has 1 aliphatic rings. The van der Waals surface area contributed by atoms with Crippen molar-refractivity contribution >= 4 is 19.8 Å². The zero-order chi connectivity index (χ0) is 43.6. The van der Waals surface area contributed by atoms with E-state index in [1.807, 2.05) is 6.08 Å². The van der Waals surface area contributed by atoms with Gasteiger partial charge in [-0.25, -0.2) is 4.57 Å². The molecule has 0 aliphatic heterocycles. The molecule has 0 aromatic carbocycles. The van der Waals surface area contributed by atoms with Gasteiger partial charge in [0.25, 0.3) is 0 Å². The van der Waals surface area contributed by atoms with Crippen molar-refractivity contribution in [3.05, 3.63) is 36.5 Å². The van der Waals surface area contributed by atoms with Crippen molar-refractivity contribution in [3.8, 4) is 0 Å². The average Bonchev–Trinajstić information content (AvgIpc) is 3.21. The molecule has 59 heavy (non-hydrogen) atoms. The predicted molar refractivity (Wildman–Crippen MR) is 230 cm³/mol. The summed E-state index contributed by atoms with van der Waals surface area (Å²) in [6.45, 7) is 3.23. The fourth-order valence-corrected chi connectivity index (χ4v) is 7.74. The third kappa shape index (κ3) is 28.3. The number of phosphoric ester groups is 1. The molecule has 6 unspecified atom stereocenters. The Morgan fingerprint density at radius 3 is 1.47 bits per heavy atom. The molecular formula is C45H81O13P. The number of carbonyl (C=O) groups excluding carboxylic acids is 2. The summed E-state index contributed by atoms with van der Waals surface area (Å²) in [5.41, 5.74) is 0. The molecule has 13 nitrogen and oxygen atoms in total. The van der Waals surface area contributed by atoms with E-state index in [0.29, 0.717) is 12.8 Å². The molecule has 0 aromatic rings. The van der Waals surface area contributed by atoms with Gasteiger partial charge >= 0.3 is 19.8 Å². The van der Waals surface area contributed by atoms with Gasteiger partial charge in [-0.2, -0.15) is 0 Å². The van der Waals surface area contributed by atoms with Crippen LogP contribution in [0.4, 0.5) is 0 Å². The molecule has 1 rings (SSSR count).